The van der Waals surface area contributed by atoms with Crippen molar-refractivity contribution in [3.63, 3.8) is 0 Å². The number of rotatable bonds is 10. The zero-order chi connectivity index (χ0) is 29.2. The molecule has 214 valence electrons. The molecule has 8 nitrogen and oxygen atoms in total. The molecule has 8 heteroatoms. The highest BCUT2D eigenvalue weighted by atomic mass is 16.5. The Balaban J connectivity index is 1.56. The minimum absolute atomic E-state index is 0.0153. The van der Waals surface area contributed by atoms with E-state index in [2.05, 4.69) is 32.9 Å². The summed E-state index contributed by atoms with van der Waals surface area (Å²) in [4.78, 5) is 27.0. The molecule has 2 aromatic carbocycles. The summed E-state index contributed by atoms with van der Waals surface area (Å²) in [6, 6.07) is 6.40. The van der Waals surface area contributed by atoms with Gasteiger partial charge in [0.1, 0.15) is 28.9 Å². The predicted molar refractivity (Wildman–Crippen MR) is 152 cm³/mol. The first kappa shape index (κ1) is 29.2. The number of carboxylic acids is 1. The van der Waals surface area contributed by atoms with Gasteiger partial charge < -0.3 is 30.1 Å². The number of carbonyl (C=O) groups is 2. The molecule has 3 unspecified atom stereocenters. The second-order valence-corrected chi connectivity index (χ2v) is 11.4. The molecule has 2 heterocycles. The molecule has 0 bridgehead atoms. The van der Waals surface area contributed by atoms with E-state index in [1.54, 1.807) is 12.1 Å². The van der Waals surface area contributed by atoms with Crippen LogP contribution in [0.15, 0.2) is 53.6 Å². The van der Waals surface area contributed by atoms with Gasteiger partial charge >= 0.3 is 5.97 Å². The number of hydrogen-bond acceptors (Lipinski definition) is 6. The maximum atomic E-state index is 13.4. The number of aliphatic carboxylic acids is 1. The van der Waals surface area contributed by atoms with Gasteiger partial charge in [-0.3, -0.25) is 4.79 Å². The smallest absolute Gasteiger partial charge is 0.326 e. The summed E-state index contributed by atoms with van der Waals surface area (Å²) in [5.41, 5.74) is 3.44. The lowest BCUT2D eigenvalue weighted by Gasteiger charge is -2.41. The highest BCUT2D eigenvalue weighted by Gasteiger charge is 2.45. The number of hydrogen-bond donors (Lipinski definition) is 4. The predicted octanol–water partition coefficient (Wildman–Crippen LogP) is 5.28. The second kappa shape index (κ2) is 11.8. The molecule has 4 N–H and O–H groups in total. The third-order valence-electron chi connectivity index (χ3n) is 7.97. The zero-order valence-corrected chi connectivity index (χ0v) is 23.6. The van der Waals surface area contributed by atoms with Crippen molar-refractivity contribution < 1.29 is 34.8 Å². The Morgan fingerprint density at radius 2 is 1.82 bits per heavy atom. The van der Waals surface area contributed by atoms with E-state index in [1.807, 2.05) is 6.92 Å². The Labute approximate surface area is 235 Å². The van der Waals surface area contributed by atoms with Crippen molar-refractivity contribution in [2.75, 3.05) is 0 Å². The summed E-state index contributed by atoms with van der Waals surface area (Å²) in [5.74, 6) is -1.37. The van der Waals surface area contributed by atoms with Gasteiger partial charge in [0, 0.05) is 24.0 Å². The van der Waals surface area contributed by atoms with Crippen LogP contribution in [0.25, 0.3) is 0 Å². The number of allylic oxidation sites excluding steroid dienone is 4. The van der Waals surface area contributed by atoms with E-state index in [1.165, 1.54) is 34.2 Å². The SMILES string of the molecule is CC(C)=CCC/C(C)=C/CCC1(C)Oc2c(c(O)cc3c2CN(C(Cc2ccc(O)cc2)C(=O)O)C3=O)CC1O. The van der Waals surface area contributed by atoms with Gasteiger partial charge in [-0.15, -0.1) is 0 Å². The Bertz CT molecular complexity index is 1340. The minimum Gasteiger partial charge on any atom is -0.508 e. The molecule has 2 aliphatic heterocycles. The van der Waals surface area contributed by atoms with Crippen LogP contribution in [0.4, 0.5) is 0 Å². The number of nitrogens with zero attached hydrogens (tertiary/aromatic N) is 1. The molecule has 3 atom stereocenters. The van der Waals surface area contributed by atoms with Crippen LogP contribution in [-0.4, -0.2) is 54.9 Å². The van der Waals surface area contributed by atoms with Gasteiger partial charge in [-0.1, -0.05) is 35.4 Å². The van der Waals surface area contributed by atoms with Crippen LogP contribution in [0.1, 0.15) is 80.4 Å². The largest absolute Gasteiger partial charge is 0.508 e. The third kappa shape index (κ3) is 6.17. The van der Waals surface area contributed by atoms with E-state index in [0.717, 1.165) is 12.8 Å². The van der Waals surface area contributed by atoms with Crippen molar-refractivity contribution in [3.8, 4) is 17.2 Å². The topological polar surface area (TPSA) is 128 Å². The highest BCUT2D eigenvalue weighted by molar-refractivity contribution is 6.02. The van der Waals surface area contributed by atoms with E-state index >= 15 is 0 Å². The van der Waals surface area contributed by atoms with Gasteiger partial charge in [0.15, 0.2) is 0 Å². The van der Waals surface area contributed by atoms with E-state index in [9.17, 15) is 30.0 Å². The van der Waals surface area contributed by atoms with Crippen molar-refractivity contribution in [2.45, 2.75) is 90.5 Å². The third-order valence-corrected chi connectivity index (χ3v) is 7.97. The standard InChI is InChI=1S/C32H39NO7/c1-19(2)7-5-8-20(3)9-6-14-32(4)28(36)17-24-27(35)16-23-25(29(24)40-32)18-33(30(23)37)26(31(38)39)15-21-10-12-22(34)13-11-21/h7,9-13,16,26,28,34-36H,5-6,8,14-15,17-18H2,1-4H3,(H,38,39)/b20-9+. The lowest BCUT2D eigenvalue weighted by atomic mass is 9.84. The number of amides is 1. The van der Waals surface area contributed by atoms with Gasteiger partial charge in [0.25, 0.3) is 5.91 Å². The summed E-state index contributed by atoms with van der Waals surface area (Å²) in [6.07, 6.45) is 6.90. The van der Waals surface area contributed by atoms with E-state index in [4.69, 9.17) is 4.74 Å². The Hall–Kier alpha value is -3.78. The lowest BCUT2D eigenvalue weighted by molar-refractivity contribution is -0.142. The van der Waals surface area contributed by atoms with Crippen molar-refractivity contribution in [2.24, 2.45) is 0 Å². The van der Waals surface area contributed by atoms with Crippen LogP contribution < -0.4 is 4.74 Å². The monoisotopic (exact) mass is 549 g/mol. The lowest BCUT2D eigenvalue weighted by Crippen LogP contribution is -2.49. The number of aliphatic hydroxyl groups excluding tert-OH is 1. The molecule has 2 aliphatic rings. The van der Waals surface area contributed by atoms with Gasteiger partial charge in [-0.05, 0) is 77.1 Å². The fourth-order valence-electron chi connectivity index (χ4n) is 5.46. The van der Waals surface area contributed by atoms with E-state index in [-0.39, 0.29) is 36.4 Å². The number of carbonyl (C=O) groups excluding carboxylic acids is 1. The Morgan fingerprint density at radius 3 is 2.48 bits per heavy atom. The number of phenols is 2. The average molecular weight is 550 g/mol. The maximum Gasteiger partial charge on any atom is 0.326 e. The molecule has 0 radical (unpaired) electrons. The Kier molecular flexibility index (Phi) is 8.59. The number of aliphatic hydroxyl groups is 1. The molecule has 0 saturated heterocycles. The van der Waals surface area contributed by atoms with Gasteiger partial charge in [-0.2, -0.15) is 0 Å². The summed E-state index contributed by atoms with van der Waals surface area (Å²) >= 11 is 0. The first-order chi connectivity index (χ1) is 18.9. The molecule has 0 spiro atoms. The molecule has 0 fully saturated rings. The van der Waals surface area contributed by atoms with Crippen LogP contribution in [0.5, 0.6) is 17.2 Å². The van der Waals surface area contributed by atoms with Crippen LogP contribution in [0.2, 0.25) is 0 Å². The van der Waals surface area contributed by atoms with Crippen molar-refractivity contribution in [1.29, 1.82) is 0 Å². The first-order valence-corrected chi connectivity index (χ1v) is 13.7. The van der Waals surface area contributed by atoms with Gasteiger partial charge in [-0.25, -0.2) is 4.79 Å². The second-order valence-electron chi connectivity index (χ2n) is 11.4. The Morgan fingerprint density at radius 1 is 1.12 bits per heavy atom. The zero-order valence-electron chi connectivity index (χ0n) is 23.6. The summed E-state index contributed by atoms with van der Waals surface area (Å²) in [5, 5.41) is 41.4. The molecular weight excluding hydrogens is 510 g/mol. The molecule has 4 rings (SSSR count). The van der Waals surface area contributed by atoms with Crippen LogP contribution in [0.3, 0.4) is 0 Å². The van der Waals surface area contributed by atoms with Crippen LogP contribution >= 0.6 is 0 Å². The number of carboxylic acid groups (broad SMARTS) is 1. The molecule has 0 saturated carbocycles. The summed E-state index contributed by atoms with van der Waals surface area (Å²) in [6.45, 7) is 8.11. The number of ether oxygens (including phenoxy) is 1. The summed E-state index contributed by atoms with van der Waals surface area (Å²) < 4.78 is 6.42. The molecular formula is C32H39NO7. The molecule has 0 aliphatic carbocycles. The molecule has 40 heavy (non-hydrogen) atoms. The average Bonchev–Trinajstić information content (AvgIpc) is 3.20. The molecule has 2 aromatic rings. The van der Waals surface area contributed by atoms with Crippen molar-refractivity contribution in [3.05, 3.63) is 75.9 Å². The van der Waals surface area contributed by atoms with Gasteiger partial charge in [0.05, 0.1) is 18.2 Å². The maximum absolute atomic E-state index is 13.4. The summed E-state index contributed by atoms with van der Waals surface area (Å²) in [7, 11) is 0. The quantitative estimate of drug-likeness (QED) is 0.297. The fourth-order valence-corrected chi connectivity index (χ4v) is 5.46. The first-order valence-electron chi connectivity index (χ1n) is 13.7. The van der Waals surface area contributed by atoms with Crippen LogP contribution in [0, 0.1) is 0 Å². The van der Waals surface area contributed by atoms with Crippen molar-refractivity contribution in [1.82, 2.24) is 4.90 Å². The minimum atomic E-state index is -1.15. The van der Waals surface area contributed by atoms with E-state index < -0.39 is 29.6 Å². The molecule has 1 amide bonds. The van der Waals surface area contributed by atoms with Crippen LogP contribution in [-0.2, 0) is 24.2 Å². The van der Waals surface area contributed by atoms with Gasteiger partial charge in [0.2, 0.25) is 0 Å². The number of benzene rings is 2. The number of phenolic OH excluding ortho intramolecular Hbond substituents is 2. The number of aromatic hydroxyl groups is 2. The number of fused-ring (bicyclic) bond motifs is 3. The fraction of sp³-hybridized carbons (Fsp3) is 0.438. The molecule has 0 aromatic heterocycles. The van der Waals surface area contributed by atoms with E-state index in [0.29, 0.717) is 35.3 Å². The highest BCUT2D eigenvalue weighted by Crippen LogP contribution is 2.46. The normalized spacial score (nSPS) is 20.9. The van der Waals surface area contributed by atoms with Crippen molar-refractivity contribution >= 4 is 11.9 Å².